The number of benzene rings is 3. The lowest BCUT2D eigenvalue weighted by Gasteiger charge is -2.12. The molecular weight excluding hydrogens is 346 g/mol. The number of ketones is 1. The molecule has 0 radical (unpaired) electrons. The minimum absolute atomic E-state index is 0.125. The number of Topliss-reactive ketones (excluding diaryl/α,β-unsaturated/α-hetero) is 1. The zero-order valence-electron chi connectivity index (χ0n) is 16.1. The molecule has 0 heterocycles. The van der Waals surface area contributed by atoms with Crippen LogP contribution in [0.1, 0.15) is 29.5 Å². The molecule has 3 nitrogen and oxygen atoms in total. The molecule has 3 heteroatoms. The summed E-state index contributed by atoms with van der Waals surface area (Å²) in [6.45, 7) is 0.541. The van der Waals surface area contributed by atoms with Gasteiger partial charge in [0.1, 0.15) is 18.1 Å². The average molecular weight is 373 g/mol. The number of aryl methyl sites for hydroxylation is 1. The van der Waals surface area contributed by atoms with Crippen molar-refractivity contribution in [1.82, 2.24) is 0 Å². The van der Waals surface area contributed by atoms with E-state index in [-0.39, 0.29) is 5.78 Å². The SMILES string of the molecule is N[C@@H](Cc1ccc(OCc2ccccc2)cc1)C(=O)CCCc1ccccc1. The van der Waals surface area contributed by atoms with Crippen LogP contribution in [0, 0.1) is 0 Å². The normalized spacial score (nSPS) is 11.8. The third-order valence-electron chi connectivity index (χ3n) is 4.77. The zero-order valence-corrected chi connectivity index (χ0v) is 16.1. The third-order valence-corrected chi connectivity index (χ3v) is 4.77. The lowest BCUT2D eigenvalue weighted by Crippen LogP contribution is -2.32. The van der Waals surface area contributed by atoms with Crippen LogP contribution < -0.4 is 10.5 Å². The summed E-state index contributed by atoms with van der Waals surface area (Å²) in [6.07, 6.45) is 2.83. The van der Waals surface area contributed by atoms with Gasteiger partial charge in [-0.1, -0.05) is 72.8 Å². The van der Waals surface area contributed by atoms with E-state index in [1.165, 1.54) is 5.56 Å². The Bertz CT molecular complexity index is 845. The van der Waals surface area contributed by atoms with Gasteiger partial charge in [-0.3, -0.25) is 4.79 Å². The van der Waals surface area contributed by atoms with E-state index in [9.17, 15) is 4.79 Å². The van der Waals surface area contributed by atoms with Crippen LogP contribution in [0.25, 0.3) is 0 Å². The minimum Gasteiger partial charge on any atom is -0.489 e. The summed E-state index contributed by atoms with van der Waals surface area (Å²) in [4.78, 5) is 12.3. The molecule has 0 aromatic heterocycles. The van der Waals surface area contributed by atoms with Crippen molar-refractivity contribution >= 4 is 5.78 Å². The van der Waals surface area contributed by atoms with E-state index in [2.05, 4.69) is 12.1 Å². The fourth-order valence-electron chi connectivity index (χ4n) is 3.13. The first kappa shape index (κ1) is 19.8. The summed E-state index contributed by atoms with van der Waals surface area (Å²) in [7, 11) is 0. The molecular formula is C25H27NO2. The van der Waals surface area contributed by atoms with Crippen molar-refractivity contribution in [2.24, 2.45) is 5.73 Å². The number of rotatable bonds is 10. The number of carbonyl (C=O) groups excluding carboxylic acids is 1. The van der Waals surface area contributed by atoms with Gasteiger partial charge in [0.05, 0.1) is 6.04 Å². The van der Waals surface area contributed by atoms with Crippen molar-refractivity contribution in [3.63, 3.8) is 0 Å². The van der Waals surface area contributed by atoms with Gasteiger partial charge in [0.15, 0.2) is 0 Å². The second kappa shape index (κ2) is 10.4. The quantitative estimate of drug-likeness (QED) is 0.559. The molecule has 28 heavy (non-hydrogen) atoms. The highest BCUT2D eigenvalue weighted by molar-refractivity contribution is 5.84. The maximum Gasteiger partial charge on any atom is 0.149 e. The first-order valence-electron chi connectivity index (χ1n) is 9.78. The minimum atomic E-state index is -0.452. The second-order valence-corrected chi connectivity index (χ2v) is 7.03. The standard InChI is InChI=1S/C25H27NO2/c26-24(25(27)13-7-12-20-8-3-1-4-9-20)18-21-14-16-23(17-15-21)28-19-22-10-5-2-6-11-22/h1-6,8-11,14-17,24H,7,12-13,18-19,26H2/t24-/m0/s1. The molecule has 3 aromatic rings. The smallest absolute Gasteiger partial charge is 0.149 e. The summed E-state index contributed by atoms with van der Waals surface area (Å²) >= 11 is 0. The van der Waals surface area contributed by atoms with Crippen LogP contribution in [-0.2, 0) is 24.2 Å². The van der Waals surface area contributed by atoms with Crippen LogP contribution in [0.3, 0.4) is 0 Å². The number of hydrogen-bond acceptors (Lipinski definition) is 3. The highest BCUT2D eigenvalue weighted by Crippen LogP contribution is 2.16. The van der Waals surface area contributed by atoms with Gasteiger partial charge in [-0.2, -0.15) is 0 Å². The third kappa shape index (κ3) is 6.36. The van der Waals surface area contributed by atoms with Gasteiger partial charge in [-0.05, 0) is 48.1 Å². The van der Waals surface area contributed by atoms with E-state index in [0.717, 1.165) is 29.7 Å². The Morgan fingerprint density at radius 3 is 2.04 bits per heavy atom. The Labute approximate surface area is 167 Å². The Balaban J connectivity index is 1.41. The van der Waals surface area contributed by atoms with Gasteiger partial charge in [0.25, 0.3) is 0 Å². The Kier molecular flexibility index (Phi) is 7.39. The molecule has 1 atom stereocenters. The topological polar surface area (TPSA) is 52.3 Å². The maximum atomic E-state index is 12.3. The highest BCUT2D eigenvalue weighted by Gasteiger charge is 2.14. The van der Waals surface area contributed by atoms with Crippen LogP contribution in [-0.4, -0.2) is 11.8 Å². The van der Waals surface area contributed by atoms with Crippen molar-refractivity contribution in [2.75, 3.05) is 0 Å². The fraction of sp³-hybridized carbons (Fsp3) is 0.240. The van der Waals surface area contributed by atoms with E-state index in [4.69, 9.17) is 10.5 Å². The first-order valence-corrected chi connectivity index (χ1v) is 9.78. The van der Waals surface area contributed by atoms with E-state index >= 15 is 0 Å². The molecule has 0 aliphatic carbocycles. The van der Waals surface area contributed by atoms with Gasteiger partial charge in [0.2, 0.25) is 0 Å². The van der Waals surface area contributed by atoms with Gasteiger partial charge in [-0.15, -0.1) is 0 Å². The summed E-state index contributed by atoms with van der Waals surface area (Å²) in [5, 5.41) is 0. The van der Waals surface area contributed by atoms with Crippen LogP contribution in [0.5, 0.6) is 5.75 Å². The molecule has 144 valence electrons. The lowest BCUT2D eigenvalue weighted by atomic mass is 9.98. The predicted octanol–water partition coefficient (Wildman–Crippen LogP) is 4.73. The molecule has 0 bridgehead atoms. The molecule has 0 amide bonds. The molecule has 0 saturated carbocycles. The molecule has 3 aromatic carbocycles. The molecule has 3 rings (SSSR count). The van der Waals surface area contributed by atoms with Crippen LogP contribution in [0.4, 0.5) is 0 Å². The molecule has 0 aliphatic rings. The predicted molar refractivity (Wildman–Crippen MR) is 113 cm³/mol. The molecule has 2 N–H and O–H groups in total. The summed E-state index contributed by atoms with van der Waals surface area (Å²) < 4.78 is 5.80. The second-order valence-electron chi connectivity index (χ2n) is 7.03. The number of carbonyl (C=O) groups is 1. The van der Waals surface area contributed by atoms with E-state index in [1.54, 1.807) is 0 Å². The largest absolute Gasteiger partial charge is 0.489 e. The van der Waals surface area contributed by atoms with Gasteiger partial charge >= 0.3 is 0 Å². The molecule has 0 aliphatic heterocycles. The Morgan fingerprint density at radius 1 is 0.786 bits per heavy atom. The van der Waals surface area contributed by atoms with Gasteiger partial charge in [-0.25, -0.2) is 0 Å². The van der Waals surface area contributed by atoms with Crippen molar-refractivity contribution in [2.45, 2.75) is 38.3 Å². The Hall–Kier alpha value is -2.91. The van der Waals surface area contributed by atoms with Crippen LogP contribution in [0.2, 0.25) is 0 Å². The summed E-state index contributed by atoms with van der Waals surface area (Å²) in [6, 6.07) is 27.7. The first-order chi connectivity index (χ1) is 13.7. The van der Waals surface area contributed by atoms with Gasteiger partial charge < -0.3 is 10.5 Å². The number of hydrogen-bond donors (Lipinski definition) is 1. The van der Waals surface area contributed by atoms with Crippen molar-refractivity contribution in [3.05, 3.63) is 102 Å². The van der Waals surface area contributed by atoms with Crippen LogP contribution in [0.15, 0.2) is 84.9 Å². The van der Waals surface area contributed by atoms with Crippen molar-refractivity contribution < 1.29 is 9.53 Å². The summed E-state index contributed by atoms with van der Waals surface area (Å²) in [5.41, 5.74) is 9.57. The summed E-state index contributed by atoms with van der Waals surface area (Å²) in [5.74, 6) is 0.940. The van der Waals surface area contributed by atoms with Gasteiger partial charge in [0, 0.05) is 6.42 Å². The zero-order chi connectivity index (χ0) is 19.6. The monoisotopic (exact) mass is 373 g/mol. The van der Waals surface area contributed by atoms with E-state index < -0.39 is 6.04 Å². The number of ether oxygens (including phenoxy) is 1. The van der Waals surface area contributed by atoms with Crippen molar-refractivity contribution in [3.8, 4) is 5.75 Å². The fourth-order valence-corrected chi connectivity index (χ4v) is 3.13. The van der Waals surface area contributed by atoms with E-state index in [0.29, 0.717) is 19.4 Å². The van der Waals surface area contributed by atoms with E-state index in [1.807, 2.05) is 72.8 Å². The molecule has 0 unspecified atom stereocenters. The molecule has 0 fully saturated rings. The highest BCUT2D eigenvalue weighted by atomic mass is 16.5. The number of nitrogens with two attached hydrogens (primary N) is 1. The lowest BCUT2D eigenvalue weighted by molar-refractivity contribution is -0.120. The van der Waals surface area contributed by atoms with Crippen LogP contribution >= 0.6 is 0 Å². The average Bonchev–Trinajstić information content (AvgIpc) is 2.74. The van der Waals surface area contributed by atoms with Crippen molar-refractivity contribution in [1.29, 1.82) is 0 Å². The maximum absolute atomic E-state index is 12.3. The molecule has 0 saturated heterocycles. The Morgan fingerprint density at radius 2 is 1.39 bits per heavy atom. The molecule has 0 spiro atoms.